The number of hydrogen-bond acceptors (Lipinski definition) is 4. The van der Waals surface area contributed by atoms with Crippen molar-refractivity contribution < 1.29 is 0 Å². The first-order chi connectivity index (χ1) is 12.6. The molecule has 5 nitrogen and oxygen atoms in total. The van der Waals surface area contributed by atoms with Crippen LogP contribution in [-0.2, 0) is 0 Å². The SMILES string of the molecule is Cc1ccc(-c2cnc3[nH]c(C=Cc4cc(C)cc(N)n4)nc3c2)cc1. The molecule has 4 aromatic rings. The van der Waals surface area contributed by atoms with Crippen LogP contribution in [0.1, 0.15) is 22.6 Å². The first-order valence-electron chi connectivity index (χ1n) is 8.42. The molecule has 3 N–H and O–H groups in total. The topological polar surface area (TPSA) is 80.5 Å². The summed E-state index contributed by atoms with van der Waals surface area (Å²) in [4.78, 5) is 16.6. The number of nitrogens with two attached hydrogens (primary N) is 1. The number of hydrogen-bond donors (Lipinski definition) is 2. The second-order valence-corrected chi connectivity index (χ2v) is 6.41. The number of nitrogens with one attached hydrogen (secondary N) is 1. The molecular formula is C21H19N5. The molecule has 0 atom stereocenters. The highest BCUT2D eigenvalue weighted by Crippen LogP contribution is 2.22. The smallest absolute Gasteiger partial charge is 0.157 e. The molecule has 3 aromatic heterocycles. The van der Waals surface area contributed by atoms with E-state index in [2.05, 4.69) is 51.1 Å². The summed E-state index contributed by atoms with van der Waals surface area (Å²) >= 11 is 0. The molecule has 128 valence electrons. The van der Waals surface area contributed by atoms with Gasteiger partial charge >= 0.3 is 0 Å². The van der Waals surface area contributed by atoms with Gasteiger partial charge in [0.2, 0.25) is 0 Å². The van der Waals surface area contributed by atoms with Crippen LogP contribution in [0, 0.1) is 13.8 Å². The second-order valence-electron chi connectivity index (χ2n) is 6.41. The fourth-order valence-corrected chi connectivity index (χ4v) is 2.87. The van der Waals surface area contributed by atoms with Crippen molar-refractivity contribution in [1.29, 1.82) is 0 Å². The summed E-state index contributed by atoms with van der Waals surface area (Å²) in [6.45, 7) is 4.07. The van der Waals surface area contributed by atoms with Crippen LogP contribution in [0.5, 0.6) is 0 Å². The number of nitrogens with zero attached hydrogens (tertiary/aromatic N) is 3. The highest BCUT2D eigenvalue weighted by Gasteiger charge is 2.05. The van der Waals surface area contributed by atoms with Gasteiger partial charge in [0.1, 0.15) is 17.2 Å². The Bertz CT molecular complexity index is 1090. The maximum absolute atomic E-state index is 5.79. The lowest BCUT2D eigenvalue weighted by Gasteiger charge is -2.01. The number of rotatable bonds is 3. The summed E-state index contributed by atoms with van der Waals surface area (Å²) in [6, 6.07) is 14.2. The first kappa shape index (κ1) is 16.0. The van der Waals surface area contributed by atoms with Crippen LogP contribution < -0.4 is 5.73 Å². The third-order valence-electron chi connectivity index (χ3n) is 4.16. The normalized spacial score (nSPS) is 11.5. The highest BCUT2D eigenvalue weighted by atomic mass is 15.0. The van der Waals surface area contributed by atoms with Gasteiger partial charge in [0.25, 0.3) is 0 Å². The van der Waals surface area contributed by atoms with Crippen molar-refractivity contribution in [3.8, 4) is 11.1 Å². The molecule has 26 heavy (non-hydrogen) atoms. The molecule has 0 saturated heterocycles. The van der Waals surface area contributed by atoms with Gasteiger partial charge < -0.3 is 10.7 Å². The molecule has 0 fully saturated rings. The largest absolute Gasteiger partial charge is 0.384 e. The Hall–Kier alpha value is -3.47. The Morgan fingerprint density at radius 3 is 2.46 bits per heavy atom. The van der Waals surface area contributed by atoms with Gasteiger partial charge in [-0.15, -0.1) is 0 Å². The van der Waals surface area contributed by atoms with Gasteiger partial charge in [-0.05, 0) is 55.3 Å². The van der Waals surface area contributed by atoms with Gasteiger partial charge in [0.05, 0.1) is 5.69 Å². The fourth-order valence-electron chi connectivity index (χ4n) is 2.87. The Morgan fingerprint density at radius 2 is 1.69 bits per heavy atom. The molecule has 0 aliphatic carbocycles. The summed E-state index contributed by atoms with van der Waals surface area (Å²) in [5, 5.41) is 0. The summed E-state index contributed by atoms with van der Waals surface area (Å²) in [5.74, 6) is 1.24. The minimum atomic E-state index is 0.513. The molecular weight excluding hydrogens is 322 g/mol. The summed E-state index contributed by atoms with van der Waals surface area (Å²) < 4.78 is 0. The Morgan fingerprint density at radius 1 is 0.885 bits per heavy atom. The minimum absolute atomic E-state index is 0.513. The second kappa shape index (κ2) is 6.44. The van der Waals surface area contributed by atoms with Gasteiger partial charge in [-0.3, -0.25) is 0 Å². The van der Waals surface area contributed by atoms with E-state index in [4.69, 9.17) is 5.73 Å². The lowest BCUT2D eigenvalue weighted by molar-refractivity contribution is 1.25. The van der Waals surface area contributed by atoms with Crippen molar-refractivity contribution in [2.45, 2.75) is 13.8 Å². The van der Waals surface area contributed by atoms with Gasteiger partial charge in [0.15, 0.2) is 5.65 Å². The van der Waals surface area contributed by atoms with Gasteiger partial charge in [0, 0.05) is 11.8 Å². The number of aromatic nitrogens is 4. The number of imidazole rings is 1. The standard InChI is InChI=1S/C21H19N5/c1-13-3-5-15(6-4-13)16-11-18-21(23-12-16)26-20(25-18)8-7-17-9-14(2)10-19(22)24-17/h3-12H,1-2H3,(H2,22,24)(H,23,25,26). The first-order valence-corrected chi connectivity index (χ1v) is 8.42. The van der Waals surface area contributed by atoms with E-state index >= 15 is 0 Å². The van der Waals surface area contributed by atoms with Crippen LogP contribution in [0.3, 0.4) is 0 Å². The van der Waals surface area contributed by atoms with Crippen LogP contribution in [0.4, 0.5) is 5.82 Å². The van der Waals surface area contributed by atoms with Crippen LogP contribution in [0.25, 0.3) is 34.4 Å². The van der Waals surface area contributed by atoms with Crippen LogP contribution in [0.2, 0.25) is 0 Å². The Balaban J connectivity index is 1.65. The predicted octanol–water partition coefficient (Wildman–Crippen LogP) is 4.39. The molecule has 0 saturated carbocycles. The number of benzene rings is 1. The molecule has 0 aliphatic heterocycles. The number of anilines is 1. The molecule has 0 radical (unpaired) electrons. The molecule has 4 rings (SSSR count). The maximum Gasteiger partial charge on any atom is 0.157 e. The van der Waals surface area contributed by atoms with Crippen molar-refractivity contribution >= 4 is 29.1 Å². The monoisotopic (exact) mass is 341 g/mol. The molecule has 5 heteroatoms. The number of aromatic amines is 1. The van der Waals surface area contributed by atoms with E-state index in [1.807, 2.05) is 43.5 Å². The minimum Gasteiger partial charge on any atom is -0.384 e. The van der Waals surface area contributed by atoms with E-state index in [0.29, 0.717) is 5.82 Å². The zero-order valence-corrected chi connectivity index (χ0v) is 14.7. The summed E-state index contributed by atoms with van der Waals surface area (Å²) in [6.07, 6.45) is 5.64. The van der Waals surface area contributed by atoms with E-state index in [9.17, 15) is 0 Å². The lowest BCUT2D eigenvalue weighted by Crippen LogP contribution is -1.92. The van der Waals surface area contributed by atoms with Crippen molar-refractivity contribution in [3.05, 3.63) is 71.3 Å². The summed E-state index contributed by atoms with van der Waals surface area (Å²) in [7, 11) is 0. The maximum atomic E-state index is 5.79. The number of H-pyrrole nitrogens is 1. The predicted molar refractivity (Wildman–Crippen MR) is 106 cm³/mol. The molecule has 0 unspecified atom stereocenters. The molecule has 0 spiro atoms. The zero-order chi connectivity index (χ0) is 18.1. The lowest BCUT2D eigenvalue weighted by atomic mass is 10.1. The van der Waals surface area contributed by atoms with E-state index in [-0.39, 0.29) is 0 Å². The van der Waals surface area contributed by atoms with E-state index in [0.717, 1.165) is 39.4 Å². The van der Waals surface area contributed by atoms with Crippen molar-refractivity contribution in [3.63, 3.8) is 0 Å². The van der Waals surface area contributed by atoms with Crippen LogP contribution in [-0.4, -0.2) is 19.9 Å². The number of fused-ring (bicyclic) bond motifs is 1. The third-order valence-corrected chi connectivity index (χ3v) is 4.16. The van der Waals surface area contributed by atoms with Gasteiger partial charge in [-0.2, -0.15) is 0 Å². The molecule has 0 bridgehead atoms. The Labute approximate surface area is 151 Å². The fraction of sp³-hybridized carbons (Fsp3) is 0.0952. The Kier molecular flexibility index (Phi) is 3.97. The highest BCUT2D eigenvalue weighted by molar-refractivity contribution is 5.80. The zero-order valence-electron chi connectivity index (χ0n) is 14.7. The van der Waals surface area contributed by atoms with Gasteiger partial charge in [-0.1, -0.05) is 29.8 Å². The van der Waals surface area contributed by atoms with E-state index < -0.39 is 0 Å². The average molecular weight is 341 g/mol. The number of aryl methyl sites for hydroxylation is 2. The van der Waals surface area contributed by atoms with Gasteiger partial charge in [-0.25, -0.2) is 15.0 Å². The molecule has 1 aromatic carbocycles. The molecule has 0 aliphatic rings. The third kappa shape index (κ3) is 3.32. The van der Waals surface area contributed by atoms with Crippen molar-refractivity contribution in [2.24, 2.45) is 0 Å². The summed E-state index contributed by atoms with van der Waals surface area (Å²) in [5.41, 5.74) is 12.7. The van der Waals surface area contributed by atoms with Crippen molar-refractivity contribution in [2.75, 3.05) is 5.73 Å². The number of nitrogen functional groups attached to an aromatic ring is 1. The van der Waals surface area contributed by atoms with Crippen molar-refractivity contribution in [1.82, 2.24) is 19.9 Å². The number of pyridine rings is 2. The average Bonchev–Trinajstić information content (AvgIpc) is 3.02. The van der Waals surface area contributed by atoms with E-state index in [1.54, 1.807) is 0 Å². The van der Waals surface area contributed by atoms with Crippen LogP contribution >= 0.6 is 0 Å². The molecule has 0 amide bonds. The quantitative estimate of drug-likeness (QED) is 0.579. The molecule has 3 heterocycles. The van der Waals surface area contributed by atoms with E-state index in [1.165, 1.54) is 5.56 Å². The van der Waals surface area contributed by atoms with Crippen LogP contribution in [0.15, 0.2) is 48.7 Å².